The van der Waals surface area contributed by atoms with E-state index in [-0.39, 0.29) is 11.5 Å². The molecule has 0 radical (unpaired) electrons. The van der Waals surface area contributed by atoms with Crippen LogP contribution in [0.4, 0.5) is 0 Å². The van der Waals surface area contributed by atoms with Crippen LogP contribution >= 0.6 is 0 Å². The van der Waals surface area contributed by atoms with Gasteiger partial charge in [-0.25, -0.2) is 0 Å². The number of aryl methyl sites for hydroxylation is 1. The Labute approximate surface area is 128 Å². The molecular weight excluding hydrogens is 256 g/mol. The minimum atomic E-state index is -0.114. The molecule has 0 amide bonds. The lowest BCUT2D eigenvalue weighted by Gasteiger charge is -2.40. The molecule has 2 aromatic carbocycles. The van der Waals surface area contributed by atoms with E-state index in [1.54, 1.807) is 0 Å². The monoisotopic (exact) mass is 282 g/mol. The quantitative estimate of drug-likeness (QED) is 0.716. The second kappa shape index (κ2) is 5.46. The SMILES string of the molecule is CC.C[C@@]12CCc3c(ccc4ccccc34)[C@H]1CC[C@H]2O. The van der Waals surface area contributed by atoms with Gasteiger partial charge in [0.2, 0.25) is 0 Å². The smallest absolute Gasteiger partial charge is 0.0600 e. The van der Waals surface area contributed by atoms with Crippen LogP contribution in [-0.2, 0) is 6.42 Å². The molecule has 1 nitrogen and oxygen atoms in total. The van der Waals surface area contributed by atoms with E-state index in [0.29, 0.717) is 5.92 Å². The van der Waals surface area contributed by atoms with E-state index >= 15 is 0 Å². The summed E-state index contributed by atoms with van der Waals surface area (Å²) in [5, 5.41) is 13.1. The van der Waals surface area contributed by atoms with Gasteiger partial charge in [0.05, 0.1) is 6.10 Å². The lowest BCUT2D eigenvalue weighted by molar-refractivity contribution is 0.0459. The van der Waals surface area contributed by atoms with Crippen LogP contribution in [0.5, 0.6) is 0 Å². The summed E-state index contributed by atoms with van der Waals surface area (Å²) in [5.74, 6) is 0.552. The second-order valence-corrected chi connectivity index (χ2v) is 6.51. The number of aliphatic hydroxyl groups excluding tert-OH is 1. The zero-order valence-corrected chi connectivity index (χ0v) is 13.4. The number of hydrogen-bond donors (Lipinski definition) is 1. The molecule has 3 atom stereocenters. The van der Waals surface area contributed by atoms with Gasteiger partial charge in [-0.3, -0.25) is 0 Å². The number of fused-ring (bicyclic) bond motifs is 5. The molecule has 0 spiro atoms. The molecule has 4 rings (SSSR count). The summed E-state index contributed by atoms with van der Waals surface area (Å²) in [7, 11) is 0. The third-order valence-electron chi connectivity index (χ3n) is 5.65. The summed E-state index contributed by atoms with van der Waals surface area (Å²) < 4.78 is 0. The van der Waals surface area contributed by atoms with Gasteiger partial charge < -0.3 is 5.11 Å². The molecule has 1 heteroatoms. The number of benzene rings is 2. The van der Waals surface area contributed by atoms with Crippen molar-refractivity contribution in [3.8, 4) is 0 Å². The molecule has 2 aromatic rings. The van der Waals surface area contributed by atoms with E-state index in [9.17, 15) is 5.11 Å². The van der Waals surface area contributed by atoms with Gasteiger partial charge in [-0.1, -0.05) is 57.2 Å². The first kappa shape index (κ1) is 14.6. The van der Waals surface area contributed by atoms with Crippen molar-refractivity contribution in [1.29, 1.82) is 0 Å². The molecule has 2 aliphatic rings. The van der Waals surface area contributed by atoms with Crippen molar-refractivity contribution in [2.45, 2.75) is 58.5 Å². The molecule has 1 fully saturated rings. The summed E-state index contributed by atoms with van der Waals surface area (Å²) >= 11 is 0. The van der Waals surface area contributed by atoms with Crippen molar-refractivity contribution in [1.82, 2.24) is 0 Å². The summed E-state index contributed by atoms with van der Waals surface area (Å²) in [6.45, 7) is 6.29. The molecule has 2 aliphatic carbocycles. The van der Waals surface area contributed by atoms with Crippen LogP contribution < -0.4 is 0 Å². The summed E-state index contributed by atoms with van der Waals surface area (Å²) in [6, 6.07) is 13.3. The molecule has 1 saturated carbocycles. The van der Waals surface area contributed by atoms with Crippen LogP contribution in [-0.4, -0.2) is 11.2 Å². The lowest BCUT2D eigenvalue weighted by Crippen LogP contribution is -2.35. The molecule has 0 aromatic heterocycles. The molecule has 0 unspecified atom stereocenters. The summed E-state index contributed by atoms with van der Waals surface area (Å²) in [5.41, 5.74) is 3.15. The van der Waals surface area contributed by atoms with E-state index in [4.69, 9.17) is 0 Å². The van der Waals surface area contributed by atoms with Gasteiger partial charge in [0.15, 0.2) is 0 Å². The first-order valence-electron chi connectivity index (χ1n) is 8.39. The fourth-order valence-corrected chi connectivity index (χ4v) is 4.42. The van der Waals surface area contributed by atoms with Gasteiger partial charge in [-0.2, -0.15) is 0 Å². The highest BCUT2D eigenvalue weighted by atomic mass is 16.3. The van der Waals surface area contributed by atoms with E-state index in [1.165, 1.54) is 21.9 Å². The Morgan fingerprint density at radius 3 is 2.62 bits per heavy atom. The van der Waals surface area contributed by atoms with Crippen LogP contribution in [0.25, 0.3) is 10.8 Å². The molecule has 112 valence electrons. The van der Waals surface area contributed by atoms with E-state index in [1.807, 2.05) is 13.8 Å². The van der Waals surface area contributed by atoms with E-state index in [2.05, 4.69) is 43.3 Å². The van der Waals surface area contributed by atoms with Crippen LogP contribution in [0, 0.1) is 5.41 Å². The predicted molar refractivity (Wildman–Crippen MR) is 89.7 cm³/mol. The molecule has 0 saturated heterocycles. The Kier molecular flexibility index (Phi) is 3.79. The minimum Gasteiger partial charge on any atom is -0.393 e. The Morgan fingerprint density at radius 2 is 1.81 bits per heavy atom. The number of hydrogen-bond acceptors (Lipinski definition) is 1. The van der Waals surface area contributed by atoms with Crippen molar-refractivity contribution in [3.05, 3.63) is 47.5 Å². The van der Waals surface area contributed by atoms with Gasteiger partial charge in [-0.05, 0) is 53.5 Å². The predicted octanol–water partition coefficient (Wildman–Crippen LogP) is 5.06. The van der Waals surface area contributed by atoms with Gasteiger partial charge in [0.25, 0.3) is 0 Å². The fraction of sp³-hybridized carbons (Fsp3) is 0.500. The average molecular weight is 282 g/mol. The lowest BCUT2D eigenvalue weighted by atomic mass is 9.65. The third kappa shape index (κ3) is 2.10. The van der Waals surface area contributed by atoms with Gasteiger partial charge in [-0.15, -0.1) is 0 Å². The maximum Gasteiger partial charge on any atom is 0.0600 e. The first-order chi connectivity index (χ1) is 10.2. The molecule has 0 aliphatic heterocycles. The van der Waals surface area contributed by atoms with Crippen molar-refractivity contribution in [2.75, 3.05) is 0 Å². The van der Waals surface area contributed by atoms with E-state index < -0.39 is 0 Å². The normalized spacial score (nSPS) is 30.3. The minimum absolute atomic E-state index is 0.107. The van der Waals surface area contributed by atoms with Crippen molar-refractivity contribution in [3.63, 3.8) is 0 Å². The first-order valence-corrected chi connectivity index (χ1v) is 8.39. The maximum absolute atomic E-state index is 10.3. The van der Waals surface area contributed by atoms with Gasteiger partial charge >= 0.3 is 0 Å². The molecule has 0 heterocycles. The highest BCUT2D eigenvalue weighted by molar-refractivity contribution is 5.87. The molecule has 1 N–H and O–H groups in total. The van der Waals surface area contributed by atoms with Crippen LogP contribution in [0.1, 0.15) is 57.1 Å². The summed E-state index contributed by atoms with van der Waals surface area (Å²) in [4.78, 5) is 0. The Hall–Kier alpha value is -1.34. The van der Waals surface area contributed by atoms with Crippen molar-refractivity contribution < 1.29 is 5.11 Å². The van der Waals surface area contributed by atoms with Gasteiger partial charge in [0, 0.05) is 5.41 Å². The second-order valence-electron chi connectivity index (χ2n) is 6.51. The molecule has 21 heavy (non-hydrogen) atoms. The Balaban J connectivity index is 0.000000636. The average Bonchev–Trinajstić information content (AvgIpc) is 2.85. The number of rotatable bonds is 0. The van der Waals surface area contributed by atoms with Gasteiger partial charge in [0.1, 0.15) is 0 Å². The highest BCUT2D eigenvalue weighted by Gasteiger charge is 2.48. The van der Waals surface area contributed by atoms with Crippen LogP contribution in [0.3, 0.4) is 0 Å². The Morgan fingerprint density at radius 1 is 1.05 bits per heavy atom. The zero-order chi connectivity index (χ0) is 15.0. The number of aliphatic hydroxyl groups is 1. The summed E-state index contributed by atoms with van der Waals surface area (Å²) in [6.07, 6.45) is 4.23. The fourth-order valence-electron chi connectivity index (χ4n) is 4.42. The zero-order valence-electron chi connectivity index (χ0n) is 13.4. The maximum atomic E-state index is 10.3. The van der Waals surface area contributed by atoms with Crippen LogP contribution in [0.2, 0.25) is 0 Å². The highest BCUT2D eigenvalue weighted by Crippen LogP contribution is 2.56. The van der Waals surface area contributed by atoms with Crippen molar-refractivity contribution >= 4 is 10.8 Å². The largest absolute Gasteiger partial charge is 0.393 e. The molecule has 0 bridgehead atoms. The standard InChI is InChI=1S/C18H20O.C2H6/c1-18-11-10-14-13-5-3-2-4-12(13)6-7-15(14)16(18)8-9-17(18)19;1-2/h2-7,16-17,19H,8-11H2,1H3;1-2H3/t16-,17-,18-;/m1./s1. The molecular formula is C20H26O. The van der Waals surface area contributed by atoms with Crippen molar-refractivity contribution in [2.24, 2.45) is 5.41 Å². The topological polar surface area (TPSA) is 20.2 Å². The Bertz CT molecular complexity index is 645. The van der Waals surface area contributed by atoms with E-state index in [0.717, 1.165) is 25.7 Å². The third-order valence-corrected chi connectivity index (χ3v) is 5.65. The van der Waals surface area contributed by atoms with Crippen LogP contribution in [0.15, 0.2) is 36.4 Å².